The maximum atomic E-state index is 12.5. The van der Waals surface area contributed by atoms with E-state index in [9.17, 15) is 4.79 Å². The van der Waals surface area contributed by atoms with Crippen molar-refractivity contribution in [3.05, 3.63) is 60.2 Å². The SMILES string of the molecule is CC(C)n1cnc2cc(CC(=O)N(C)CCc3ccncc3)ccc21. The number of fused-ring (bicyclic) bond motifs is 1. The standard InChI is InChI=1S/C20H24N4O/c1-15(2)24-14-22-18-12-17(4-5-19(18)24)13-20(25)23(3)11-8-16-6-9-21-10-7-16/h4-7,9-10,12,14-15H,8,11,13H2,1-3H3. The molecule has 0 aliphatic carbocycles. The summed E-state index contributed by atoms with van der Waals surface area (Å²) in [7, 11) is 1.86. The topological polar surface area (TPSA) is 51.0 Å². The summed E-state index contributed by atoms with van der Waals surface area (Å²) < 4.78 is 2.14. The van der Waals surface area contributed by atoms with Crippen molar-refractivity contribution < 1.29 is 4.79 Å². The van der Waals surface area contributed by atoms with Gasteiger partial charge in [-0.3, -0.25) is 9.78 Å². The normalized spacial score (nSPS) is 11.2. The van der Waals surface area contributed by atoms with Crippen LogP contribution < -0.4 is 0 Å². The monoisotopic (exact) mass is 336 g/mol. The molecule has 0 unspecified atom stereocenters. The quantitative estimate of drug-likeness (QED) is 0.694. The Morgan fingerprint density at radius 2 is 1.92 bits per heavy atom. The van der Waals surface area contributed by atoms with Crippen molar-refractivity contribution in [2.24, 2.45) is 0 Å². The summed E-state index contributed by atoms with van der Waals surface area (Å²) in [6, 6.07) is 10.4. The first-order valence-corrected chi connectivity index (χ1v) is 8.63. The fraction of sp³-hybridized carbons (Fsp3) is 0.350. The van der Waals surface area contributed by atoms with Gasteiger partial charge in [0.25, 0.3) is 0 Å². The molecule has 0 atom stereocenters. The van der Waals surface area contributed by atoms with Gasteiger partial charge in [0.1, 0.15) is 0 Å². The summed E-state index contributed by atoms with van der Waals surface area (Å²) in [5.74, 6) is 0.122. The van der Waals surface area contributed by atoms with Gasteiger partial charge in [-0.15, -0.1) is 0 Å². The number of carbonyl (C=O) groups is 1. The first-order valence-electron chi connectivity index (χ1n) is 8.63. The number of amides is 1. The van der Waals surface area contributed by atoms with Crippen LogP contribution in [0.4, 0.5) is 0 Å². The fourth-order valence-electron chi connectivity index (χ4n) is 2.88. The van der Waals surface area contributed by atoms with E-state index < -0.39 is 0 Å². The van der Waals surface area contributed by atoms with Gasteiger partial charge in [0, 0.05) is 32.0 Å². The van der Waals surface area contributed by atoms with Crippen LogP contribution in [0.1, 0.15) is 31.0 Å². The molecular formula is C20H24N4O. The van der Waals surface area contributed by atoms with Crippen molar-refractivity contribution in [2.75, 3.05) is 13.6 Å². The number of nitrogens with zero attached hydrogens (tertiary/aromatic N) is 4. The first kappa shape index (κ1) is 17.1. The maximum Gasteiger partial charge on any atom is 0.226 e. The highest BCUT2D eigenvalue weighted by atomic mass is 16.2. The number of carbonyl (C=O) groups excluding carboxylic acids is 1. The molecule has 0 spiro atoms. The number of hydrogen-bond donors (Lipinski definition) is 0. The third-order valence-electron chi connectivity index (χ3n) is 4.46. The third-order valence-corrected chi connectivity index (χ3v) is 4.46. The van der Waals surface area contributed by atoms with Gasteiger partial charge in [0.15, 0.2) is 0 Å². The average Bonchev–Trinajstić information content (AvgIpc) is 3.04. The largest absolute Gasteiger partial charge is 0.345 e. The van der Waals surface area contributed by atoms with E-state index in [1.165, 1.54) is 5.56 Å². The Morgan fingerprint density at radius 3 is 2.64 bits per heavy atom. The second kappa shape index (κ2) is 7.47. The molecule has 0 N–H and O–H groups in total. The summed E-state index contributed by atoms with van der Waals surface area (Å²) in [5.41, 5.74) is 4.24. The summed E-state index contributed by atoms with van der Waals surface area (Å²) in [6.45, 7) is 4.97. The minimum absolute atomic E-state index is 0.122. The summed E-state index contributed by atoms with van der Waals surface area (Å²) in [4.78, 5) is 22.7. The van der Waals surface area contributed by atoms with Crippen LogP contribution in [0.15, 0.2) is 49.1 Å². The molecule has 0 saturated carbocycles. The molecule has 0 saturated heterocycles. The first-order chi connectivity index (χ1) is 12.0. The zero-order valence-corrected chi connectivity index (χ0v) is 15.0. The molecule has 5 heteroatoms. The number of aromatic nitrogens is 3. The lowest BCUT2D eigenvalue weighted by atomic mass is 10.1. The van der Waals surface area contributed by atoms with Gasteiger partial charge < -0.3 is 9.47 Å². The summed E-state index contributed by atoms with van der Waals surface area (Å²) in [6.07, 6.45) is 6.66. The molecule has 0 fully saturated rings. The van der Waals surface area contributed by atoms with Crippen molar-refractivity contribution in [1.82, 2.24) is 19.4 Å². The lowest BCUT2D eigenvalue weighted by molar-refractivity contribution is -0.129. The van der Waals surface area contributed by atoms with Crippen molar-refractivity contribution in [3.63, 3.8) is 0 Å². The van der Waals surface area contributed by atoms with E-state index in [-0.39, 0.29) is 5.91 Å². The minimum atomic E-state index is 0.122. The van der Waals surface area contributed by atoms with Crippen LogP contribution >= 0.6 is 0 Å². The predicted molar refractivity (Wildman–Crippen MR) is 99.4 cm³/mol. The van der Waals surface area contributed by atoms with E-state index in [4.69, 9.17) is 0 Å². The second-order valence-corrected chi connectivity index (χ2v) is 6.67. The molecule has 1 aromatic carbocycles. The van der Waals surface area contributed by atoms with Crippen molar-refractivity contribution >= 4 is 16.9 Å². The van der Waals surface area contributed by atoms with E-state index in [2.05, 4.69) is 34.4 Å². The highest BCUT2D eigenvalue weighted by molar-refractivity contribution is 5.81. The zero-order chi connectivity index (χ0) is 17.8. The molecule has 2 heterocycles. The molecule has 3 aromatic rings. The number of benzene rings is 1. The Morgan fingerprint density at radius 1 is 1.16 bits per heavy atom. The van der Waals surface area contributed by atoms with Crippen LogP contribution in [0.3, 0.4) is 0 Å². The number of pyridine rings is 1. The van der Waals surface area contributed by atoms with Crippen LogP contribution in [0, 0.1) is 0 Å². The van der Waals surface area contributed by atoms with Crippen molar-refractivity contribution in [3.8, 4) is 0 Å². The van der Waals surface area contributed by atoms with Gasteiger partial charge >= 0.3 is 0 Å². The average molecular weight is 336 g/mol. The van der Waals surface area contributed by atoms with Gasteiger partial charge in [-0.2, -0.15) is 0 Å². The Labute approximate surface area is 148 Å². The molecule has 2 aromatic heterocycles. The Kier molecular flexibility index (Phi) is 5.12. The van der Waals surface area contributed by atoms with Gasteiger partial charge in [-0.05, 0) is 55.7 Å². The lowest BCUT2D eigenvalue weighted by Crippen LogP contribution is -2.30. The highest BCUT2D eigenvalue weighted by Crippen LogP contribution is 2.19. The van der Waals surface area contributed by atoms with E-state index in [0.29, 0.717) is 19.0 Å². The molecule has 3 rings (SSSR count). The van der Waals surface area contributed by atoms with Gasteiger partial charge in [0.05, 0.1) is 23.8 Å². The maximum absolute atomic E-state index is 12.5. The number of hydrogen-bond acceptors (Lipinski definition) is 3. The zero-order valence-electron chi connectivity index (χ0n) is 15.0. The second-order valence-electron chi connectivity index (χ2n) is 6.67. The lowest BCUT2D eigenvalue weighted by Gasteiger charge is -2.17. The van der Waals surface area contributed by atoms with Crippen molar-refractivity contribution in [1.29, 1.82) is 0 Å². The molecular weight excluding hydrogens is 312 g/mol. The van der Waals surface area contributed by atoms with E-state index in [1.54, 1.807) is 17.3 Å². The van der Waals surface area contributed by atoms with E-state index in [0.717, 1.165) is 23.0 Å². The number of imidazole rings is 1. The summed E-state index contributed by atoms with van der Waals surface area (Å²) >= 11 is 0. The molecule has 25 heavy (non-hydrogen) atoms. The van der Waals surface area contributed by atoms with Gasteiger partial charge in [-0.25, -0.2) is 4.98 Å². The predicted octanol–water partition coefficient (Wildman–Crippen LogP) is 3.26. The molecule has 5 nitrogen and oxygen atoms in total. The van der Waals surface area contributed by atoms with Gasteiger partial charge in [0.2, 0.25) is 5.91 Å². The van der Waals surface area contributed by atoms with E-state index in [1.807, 2.05) is 37.6 Å². The Balaban J connectivity index is 1.63. The Bertz CT molecular complexity index is 855. The van der Waals surface area contributed by atoms with Crippen LogP contribution in [-0.4, -0.2) is 38.9 Å². The smallest absolute Gasteiger partial charge is 0.226 e. The summed E-state index contributed by atoms with van der Waals surface area (Å²) in [5, 5.41) is 0. The van der Waals surface area contributed by atoms with Crippen LogP contribution in [-0.2, 0) is 17.6 Å². The molecule has 0 bridgehead atoms. The highest BCUT2D eigenvalue weighted by Gasteiger charge is 2.12. The molecule has 1 amide bonds. The van der Waals surface area contributed by atoms with Gasteiger partial charge in [-0.1, -0.05) is 6.07 Å². The number of rotatable bonds is 6. The minimum Gasteiger partial charge on any atom is -0.345 e. The molecule has 0 aliphatic rings. The van der Waals surface area contributed by atoms with E-state index >= 15 is 0 Å². The van der Waals surface area contributed by atoms with Crippen molar-refractivity contribution in [2.45, 2.75) is 32.7 Å². The third kappa shape index (κ3) is 4.05. The van der Waals surface area contributed by atoms with Crippen LogP contribution in [0.25, 0.3) is 11.0 Å². The molecule has 130 valence electrons. The molecule has 0 aliphatic heterocycles. The van der Waals surface area contributed by atoms with Crippen LogP contribution in [0.2, 0.25) is 0 Å². The Hall–Kier alpha value is -2.69. The van der Waals surface area contributed by atoms with Crippen LogP contribution in [0.5, 0.6) is 0 Å². The number of likely N-dealkylation sites (N-methyl/N-ethyl adjacent to an activating group) is 1. The fourth-order valence-corrected chi connectivity index (χ4v) is 2.88. The molecule has 0 radical (unpaired) electrons.